The van der Waals surface area contributed by atoms with Crippen molar-refractivity contribution in [3.05, 3.63) is 54.6 Å². The van der Waals surface area contributed by atoms with Gasteiger partial charge in [-0.3, -0.25) is 0 Å². The molecule has 0 fully saturated rings. The first kappa shape index (κ1) is 25.5. The Bertz CT molecular complexity index is 1220. The lowest BCUT2D eigenvalue weighted by atomic mass is 10.3. The van der Waals surface area contributed by atoms with Gasteiger partial charge >= 0.3 is 12.4 Å². The molecule has 188 valence electrons. The van der Waals surface area contributed by atoms with E-state index in [1.165, 1.54) is 59.1 Å². The van der Waals surface area contributed by atoms with Gasteiger partial charge in [-0.15, -0.1) is 20.5 Å². The highest BCUT2D eigenvalue weighted by molar-refractivity contribution is 7.30. The molecule has 0 saturated heterocycles. The van der Waals surface area contributed by atoms with Gasteiger partial charge in [-0.1, -0.05) is 22.7 Å². The minimum atomic E-state index is -4.30. The molecule has 2 N–H and O–H groups in total. The van der Waals surface area contributed by atoms with Crippen molar-refractivity contribution in [2.45, 2.75) is 12.4 Å². The molecule has 2 aromatic carbocycles. The van der Waals surface area contributed by atoms with Crippen LogP contribution in [0.4, 0.5) is 59.2 Å². The second-order valence-corrected chi connectivity index (χ2v) is 9.20. The topological polar surface area (TPSA) is 86.4 Å². The van der Waals surface area contributed by atoms with Gasteiger partial charge < -0.3 is 10.6 Å². The minimum Gasteiger partial charge on any atom is -0.376 e. The van der Waals surface area contributed by atoms with Crippen LogP contribution in [0.25, 0.3) is 9.53 Å². The molecule has 0 atom stereocenters. The van der Waals surface area contributed by atoms with Gasteiger partial charge in [0.1, 0.15) is 22.9 Å². The Hall–Kier alpha value is -3.59. The normalized spacial score (nSPS) is 12.7. The number of thiophene rings is 1. The molecule has 0 unspecified atom stereocenters. The summed E-state index contributed by atoms with van der Waals surface area (Å²) in [5, 5.41) is 21.9. The van der Waals surface area contributed by atoms with Gasteiger partial charge in [-0.2, -0.15) is 26.3 Å². The van der Waals surface area contributed by atoms with Gasteiger partial charge in [-0.25, -0.2) is 4.98 Å². The lowest BCUT2D eigenvalue weighted by Gasteiger charge is -2.09. The molecule has 0 aliphatic heterocycles. The van der Waals surface area contributed by atoms with E-state index in [1.54, 1.807) is 18.2 Å². The van der Waals surface area contributed by atoms with Gasteiger partial charge in [-0.05, 0) is 54.6 Å². The summed E-state index contributed by atoms with van der Waals surface area (Å²) in [6.45, 7) is -2.25. The van der Waals surface area contributed by atoms with Crippen molar-refractivity contribution >= 4 is 65.1 Å². The number of fused-ring (bicyclic) bond motifs is 1. The van der Waals surface area contributed by atoms with Crippen molar-refractivity contribution in [3.8, 4) is 0 Å². The average Bonchev–Trinajstić information content (AvgIpc) is 3.37. The number of benzene rings is 2. The van der Waals surface area contributed by atoms with Crippen LogP contribution in [0.1, 0.15) is 0 Å². The van der Waals surface area contributed by atoms with Crippen LogP contribution in [0.2, 0.25) is 0 Å². The number of nitrogens with one attached hydrogen (secondary N) is 2. The third-order valence-corrected chi connectivity index (χ3v) is 6.23. The van der Waals surface area contributed by atoms with E-state index in [0.717, 1.165) is 4.70 Å². The second-order valence-electron chi connectivity index (χ2n) is 7.18. The molecule has 7 nitrogen and oxygen atoms in total. The van der Waals surface area contributed by atoms with Crippen molar-refractivity contribution < 1.29 is 26.3 Å². The van der Waals surface area contributed by atoms with Crippen molar-refractivity contribution in [1.82, 2.24) is 4.98 Å². The predicted octanol–water partition coefficient (Wildman–Crippen LogP) is 9.14. The fourth-order valence-electron chi connectivity index (χ4n) is 2.71. The molecule has 0 amide bonds. The highest BCUT2D eigenvalue weighted by Gasteiger charge is 2.27. The Kier molecular flexibility index (Phi) is 7.49. The number of hydrogen-bond acceptors (Lipinski definition) is 9. The van der Waals surface area contributed by atoms with Gasteiger partial charge in [0.25, 0.3) is 0 Å². The monoisotopic (exact) mass is 543 g/mol. The quantitative estimate of drug-likeness (QED) is 0.172. The number of hydrogen-bond donors (Lipinski definition) is 2. The van der Waals surface area contributed by atoms with Gasteiger partial charge in [0.05, 0.1) is 16.1 Å². The van der Waals surface area contributed by atoms with E-state index >= 15 is 0 Å². The SMILES string of the molecule is FC(F)(F)CNc1ccc(N=Nc2cc3sc(N=Nc4ccc(NCC(F)(F)F)cc4)nc3s2)cc1. The lowest BCUT2D eigenvalue weighted by molar-refractivity contribution is -0.116. The number of aromatic nitrogens is 1. The number of nitrogens with zero attached hydrogens (tertiary/aromatic N) is 5. The van der Waals surface area contributed by atoms with Crippen molar-refractivity contribution in [2.75, 3.05) is 23.7 Å². The van der Waals surface area contributed by atoms with E-state index < -0.39 is 25.4 Å². The number of azo groups is 2. The molecule has 2 heterocycles. The summed E-state index contributed by atoms with van der Waals surface area (Å²) < 4.78 is 74.4. The number of thiazole rings is 1. The highest BCUT2D eigenvalue weighted by Crippen LogP contribution is 2.39. The summed E-state index contributed by atoms with van der Waals surface area (Å²) in [5.41, 5.74) is 1.58. The maximum Gasteiger partial charge on any atom is 0.405 e. The fourth-order valence-corrected chi connectivity index (χ4v) is 4.56. The van der Waals surface area contributed by atoms with Crippen molar-refractivity contribution in [2.24, 2.45) is 20.5 Å². The first-order valence-corrected chi connectivity index (χ1v) is 11.7. The molecule has 0 aliphatic rings. The van der Waals surface area contributed by atoms with E-state index in [4.69, 9.17) is 0 Å². The predicted molar refractivity (Wildman–Crippen MR) is 128 cm³/mol. The Labute approximate surface area is 207 Å². The van der Waals surface area contributed by atoms with Crippen LogP contribution in [0.15, 0.2) is 75.1 Å². The van der Waals surface area contributed by atoms with Crippen LogP contribution < -0.4 is 10.6 Å². The highest BCUT2D eigenvalue weighted by atomic mass is 32.1. The zero-order valence-corrected chi connectivity index (χ0v) is 19.6. The van der Waals surface area contributed by atoms with Crippen LogP contribution in [0, 0.1) is 0 Å². The van der Waals surface area contributed by atoms with Crippen LogP contribution in [0.3, 0.4) is 0 Å². The Balaban J connectivity index is 1.34. The molecule has 2 aromatic heterocycles. The van der Waals surface area contributed by atoms with E-state index in [-0.39, 0.29) is 0 Å². The summed E-state index contributed by atoms with van der Waals surface area (Å²) in [4.78, 5) is 5.05. The number of anilines is 2. The minimum absolute atomic E-state index is 0.316. The van der Waals surface area contributed by atoms with Crippen LogP contribution in [-0.4, -0.2) is 30.4 Å². The van der Waals surface area contributed by atoms with Crippen molar-refractivity contribution in [1.29, 1.82) is 0 Å². The molecule has 0 saturated carbocycles. The van der Waals surface area contributed by atoms with E-state index in [0.29, 0.717) is 37.7 Å². The summed E-state index contributed by atoms with van der Waals surface area (Å²) >= 11 is 2.56. The van der Waals surface area contributed by atoms with Gasteiger partial charge in [0.2, 0.25) is 5.13 Å². The molecule has 0 aliphatic carbocycles. The first-order chi connectivity index (χ1) is 17.0. The third kappa shape index (κ3) is 7.71. The lowest BCUT2D eigenvalue weighted by Crippen LogP contribution is -2.21. The van der Waals surface area contributed by atoms with Gasteiger partial charge in [0.15, 0.2) is 0 Å². The molecule has 4 aromatic rings. The molecule has 4 rings (SSSR count). The van der Waals surface area contributed by atoms with Crippen LogP contribution in [-0.2, 0) is 0 Å². The number of alkyl halides is 6. The Morgan fingerprint density at radius 1 is 0.667 bits per heavy atom. The third-order valence-electron chi connectivity index (χ3n) is 4.30. The first-order valence-electron chi connectivity index (χ1n) is 10.1. The molecular weight excluding hydrogens is 528 g/mol. The standard InChI is InChI=1S/C21H15F6N7S2/c22-20(23,24)10-28-12-1-5-14(6-2-12)31-33-17-9-16-18(36-17)30-19(35-16)34-32-15-7-3-13(4-8-15)29-11-21(25,26)27/h1-9,28-29H,10-11H2. The number of halogens is 6. The van der Waals surface area contributed by atoms with Crippen LogP contribution >= 0.6 is 22.7 Å². The molecule has 0 spiro atoms. The maximum atomic E-state index is 12.3. The van der Waals surface area contributed by atoms with E-state index in [2.05, 4.69) is 36.1 Å². The molecule has 36 heavy (non-hydrogen) atoms. The fraction of sp³-hybridized carbons (Fsp3) is 0.190. The van der Waals surface area contributed by atoms with Gasteiger partial charge in [0, 0.05) is 11.4 Å². The Morgan fingerprint density at radius 3 is 1.64 bits per heavy atom. The zero-order chi connectivity index (χ0) is 25.8. The summed E-state index contributed by atoms with van der Waals surface area (Å²) in [6.07, 6.45) is -8.60. The van der Waals surface area contributed by atoms with E-state index in [9.17, 15) is 26.3 Å². The summed E-state index contributed by atoms with van der Waals surface area (Å²) in [7, 11) is 0. The molecule has 0 radical (unpaired) electrons. The molecular formula is C21H15F6N7S2. The smallest absolute Gasteiger partial charge is 0.376 e. The largest absolute Gasteiger partial charge is 0.405 e. The summed E-state index contributed by atoms with van der Waals surface area (Å²) in [5.74, 6) is 0. The van der Waals surface area contributed by atoms with E-state index in [1.807, 2.05) is 0 Å². The molecule has 0 bridgehead atoms. The van der Waals surface area contributed by atoms with Crippen molar-refractivity contribution in [3.63, 3.8) is 0 Å². The van der Waals surface area contributed by atoms with Crippen LogP contribution in [0.5, 0.6) is 0 Å². The maximum absolute atomic E-state index is 12.3. The summed E-state index contributed by atoms with van der Waals surface area (Å²) in [6, 6.07) is 13.9. The number of rotatable bonds is 8. The zero-order valence-electron chi connectivity index (χ0n) is 17.9. The Morgan fingerprint density at radius 2 is 1.17 bits per heavy atom. The second kappa shape index (κ2) is 10.6. The molecule has 15 heteroatoms. The average molecular weight is 544 g/mol.